The first kappa shape index (κ1) is 11.3. The van der Waals surface area contributed by atoms with E-state index in [1.807, 2.05) is 5.48 Å². The van der Waals surface area contributed by atoms with Crippen molar-refractivity contribution < 1.29 is 26.7 Å². The molecule has 2 atom stereocenters. The van der Waals surface area contributed by atoms with Gasteiger partial charge in [-0.1, -0.05) is 0 Å². The lowest BCUT2D eigenvalue weighted by Gasteiger charge is -2.19. The molecule has 0 saturated carbocycles. The first-order chi connectivity index (χ1) is 7.39. The molecule has 0 aromatic rings. The first-order valence-electron chi connectivity index (χ1n) is 4.54. The van der Waals surface area contributed by atoms with Crippen LogP contribution in [0.4, 0.5) is 3.89 Å². The second kappa shape index (κ2) is 3.67. The highest BCUT2D eigenvalue weighted by molar-refractivity contribution is 7.87. The number of nitrogens with one attached hydrogen (secondary N) is 1. The van der Waals surface area contributed by atoms with Gasteiger partial charge in [-0.2, -0.15) is 8.42 Å². The third kappa shape index (κ3) is 1.87. The Hall–Kier alpha value is -1.22. The van der Waals surface area contributed by atoms with Crippen LogP contribution in [0.2, 0.25) is 0 Å². The molecule has 2 saturated heterocycles. The summed E-state index contributed by atoms with van der Waals surface area (Å²) in [6.45, 7) is -0.358. The summed E-state index contributed by atoms with van der Waals surface area (Å²) in [6, 6.07) is -0.862. The number of hydroxylamine groups is 1. The van der Waals surface area contributed by atoms with Crippen LogP contribution in [0.3, 0.4) is 0 Å². The van der Waals surface area contributed by atoms with Crippen molar-refractivity contribution in [3.05, 3.63) is 0 Å². The summed E-state index contributed by atoms with van der Waals surface area (Å²) in [6.07, 6.45) is -0.428. The van der Waals surface area contributed by atoms with Gasteiger partial charge < -0.3 is 4.90 Å². The van der Waals surface area contributed by atoms with Gasteiger partial charge in [-0.25, -0.2) is 5.48 Å². The molecular weight excluding hydrogens is 243 g/mol. The molecule has 90 valence electrons. The lowest BCUT2D eigenvalue weighted by atomic mass is 10.3. The normalized spacial score (nSPS) is 30.9. The zero-order chi connectivity index (χ0) is 11.9. The Balaban J connectivity index is 2.14. The monoisotopic (exact) mass is 252 g/mol. The molecule has 16 heavy (non-hydrogen) atoms. The quantitative estimate of drug-likeness (QED) is 0.592. The van der Waals surface area contributed by atoms with E-state index >= 15 is 0 Å². The van der Waals surface area contributed by atoms with Gasteiger partial charge in [0.2, 0.25) is 5.91 Å². The third-order valence-electron chi connectivity index (χ3n) is 2.61. The number of carbonyl (C=O) groups excluding carboxylic acids is 2. The molecule has 2 heterocycles. The largest absolute Gasteiger partial charge is 0.327 e. The molecule has 0 aromatic carbocycles. The van der Waals surface area contributed by atoms with E-state index in [0.29, 0.717) is 0 Å². The van der Waals surface area contributed by atoms with Crippen LogP contribution in [0, 0.1) is 0 Å². The topological polar surface area (TPSA) is 92.8 Å². The van der Waals surface area contributed by atoms with Crippen LogP contribution in [0.15, 0.2) is 0 Å². The molecule has 2 amide bonds. The van der Waals surface area contributed by atoms with E-state index in [0.717, 1.165) is 4.90 Å². The second-order valence-electron chi connectivity index (χ2n) is 3.64. The summed E-state index contributed by atoms with van der Waals surface area (Å²) in [5.74, 6) is -1.08. The lowest BCUT2D eigenvalue weighted by Crippen LogP contribution is -2.43. The molecule has 0 spiro atoms. The summed E-state index contributed by atoms with van der Waals surface area (Å²) in [5.41, 5.74) is 2.04. The smallest absolute Gasteiger partial charge is 0.307 e. The summed E-state index contributed by atoms with van der Waals surface area (Å²) in [4.78, 5) is 28.3. The van der Waals surface area contributed by atoms with Crippen molar-refractivity contribution in [2.75, 3.05) is 13.2 Å². The van der Waals surface area contributed by atoms with Crippen molar-refractivity contribution in [2.45, 2.75) is 17.7 Å². The number of hydrogen-bond donors (Lipinski definition) is 1. The summed E-state index contributed by atoms with van der Waals surface area (Å²) in [5, 5.41) is -1.38. The van der Waals surface area contributed by atoms with Crippen LogP contribution in [0.1, 0.15) is 6.42 Å². The minimum absolute atomic E-state index is 0.0520. The molecule has 2 aliphatic heterocycles. The Morgan fingerprint density at radius 3 is 2.56 bits per heavy atom. The van der Waals surface area contributed by atoms with E-state index in [4.69, 9.17) is 0 Å². The predicted molar refractivity (Wildman–Crippen MR) is 48.0 cm³/mol. The molecule has 1 unspecified atom stereocenters. The maximum Gasteiger partial charge on any atom is 0.307 e. The third-order valence-corrected chi connectivity index (χ3v) is 3.73. The molecule has 0 aromatic heterocycles. The van der Waals surface area contributed by atoms with Crippen molar-refractivity contribution in [3.8, 4) is 0 Å². The average Bonchev–Trinajstić information content (AvgIpc) is 2.70. The van der Waals surface area contributed by atoms with Crippen LogP contribution >= 0.6 is 0 Å². The second-order valence-corrected chi connectivity index (χ2v) is 5.26. The summed E-state index contributed by atoms with van der Waals surface area (Å²) < 4.78 is 34.0. The Morgan fingerprint density at radius 2 is 2.12 bits per heavy atom. The fraction of sp³-hybridized carbons (Fsp3) is 0.714. The highest BCUT2D eigenvalue weighted by Gasteiger charge is 2.44. The minimum atomic E-state index is -4.75. The van der Waals surface area contributed by atoms with Gasteiger partial charge >= 0.3 is 10.2 Å². The van der Waals surface area contributed by atoms with Crippen molar-refractivity contribution in [3.63, 3.8) is 0 Å². The number of likely N-dealkylation sites (tertiary alicyclic amines) is 1. The van der Waals surface area contributed by atoms with Crippen molar-refractivity contribution in [1.82, 2.24) is 10.4 Å². The Kier molecular flexibility index (Phi) is 2.58. The van der Waals surface area contributed by atoms with E-state index in [9.17, 15) is 21.9 Å². The molecular formula is C7H9FN2O5S. The van der Waals surface area contributed by atoms with Gasteiger partial charge in [-0.3, -0.25) is 14.4 Å². The zero-order valence-corrected chi connectivity index (χ0v) is 8.87. The number of hydrogen-bond acceptors (Lipinski definition) is 5. The molecule has 2 fully saturated rings. The van der Waals surface area contributed by atoms with Crippen molar-refractivity contribution in [2.24, 2.45) is 0 Å². The van der Waals surface area contributed by atoms with Crippen LogP contribution in [0.5, 0.6) is 0 Å². The lowest BCUT2D eigenvalue weighted by molar-refractivity contribution is -0.135. The summed E-state index contributed by atoms with van der Waals surface area (Å²) >= 11 is 0. The predicted octanol–water partition coefficient (Wildman–Crippen LogP) is -1.68. The minimum Gasteiger partial charge on any atom is -0.327 e. The van der Waals surface area contributed by atoms with E-state index in [1.54, 1.807) is 0 Å². The molecule has 1 N–H and O–H groups in total. The molecule has 2 aliphatic rings. The highest BCUT2D eigenvalue weighted by atomic mass is 32.3. The fourth-order valence-corrected chi connectivity index (χ4v) is 2.43. The highest BCUT2D eigenvalue weighted by Crippen LogP contribution is 2.22. The molecule has 9 heteroatoms. The Labute approximate surface area is 90.7 Å². The zero-order valence-electron chi connectivity index (χ0n) is 8.05. The Morgan fingerprint density at radius 1 is 1.44 bits per heavy atom. The molecule has 7 nitrogen and oxygen atoms in total. The first-order valence-corrected chi connectivity index (χ1v) is 5.99. The van der Waals surface area contributed by atoms with Gasteiger partial charge in [0.25, 0.3) is 5.91 Å². The van der Waals surface area contributed by atoms with Gasteiger partial charge in [-0.15, -0.1) is 3.89 Å². The average molecular weight is 252 g/mol. The molecule has 0 radical (unpaired) electrons. The van der Waals surface area contributed by atoms with E-state index in [1.165, 1.54) is 0 Å². The van der Waals surface area contributed by atoms with Crippen LogP contribution < -0.4 is 5.48 Å². The SMILES string of the molecule is O=C1NOC[C@@H]1N1CC(S(=O)(=O)F)CC1=O. The van der Waals surface area contributed by atoms with Gasteiger partial charge in [0.15, 0.2) is 0 Å². The molecule has 0 aliphatic carbocycles. The van der Waals surface area contributed by atoms with Gasteiger partial charge in [-0.05, 0) is 0 Å². The fourth-order valence-electron chi connectivity index (χ4n) is 1.75. The van der Waals surface area contributed by atoms with Crippen molar-refractivity contribution in [1.29, 1.82) is 0 Å². The molecule has 2 rings (SSSR count). The number of carbonyl (C=O) groups is 2. The maximum atomic E-state index is 12.7. The Bertz CT molecular complexity index is 436. The number of rotatable bonds is 2. The maximum absolute atomic E-state index is 12.7. The van der Waals surface area contributed by atoms with Crippen LogP contribution in [-0.4, -0.2) is 49.6 Å². The standard InChI is InChI=1S/C7H9FN2O5S/c8-16(13,14)4-1-6(11)10(2-4)5-3-15-9-7(5)12/h4-5H,1-3H2,(H,9,12)/t4?,5-/m0/s1. The van der Waals surface area contributed by atoms with E-state index in [2.05, 4.69) is 4.84 Å². The number of halogens is 1. The van der Waals surface area contributed by atoms with Gasteiger partial charge in [0.05, 0.1) is 0 Å². The van der Waals surface area contributed by atoms with Gasteiger partial charge in [0, 0.05) is 13.0 Å². The number of amides is 2. The summed E-state index contributed by atoms with van der Waals surface area (Å²) in [7, 11) is -4.75. The number of nitrogens with zero attached hydrogens (tertiary/aromatic N) is 1. The van der Waals surface area contributed by atoms with E-state index in [-0.39, 0.29) is 13.2 Å². The van der Waals surface area contributed by atoms with Crippen LogP contribution in [0.25, 0.3) is 0 Å². The molecule has 0 bridgehead atoms. The van der Waals surface area contributed by atoms with Crippen LogP contribution in [-0.2, 0) is 24.6 Å². The van der Waals surface area contributed by atoms with Gasteiger partial charge in [0.1, 0.15) is 17.9 Å². The van der Waals surface area contributed by atoms with Crippen molar-refractivity contribution >= 4 is 22.0 Å². The van der Waals surface area contributed by atoms with E-state index < -0.39 is 39.8 Å².